The molecule has 1 N–H and O–H groups in total. The zero-order valence-corrected chi connectivity index (χ0v) is 12.2. The fourth-order valence-corrected chi connectivity index (χ4v) is 2.72. The van der Waals surface area contributed by atoms with Gasteiger partial charge in [0, 0.05) is 11.4 Å². The van der Waals surface area contributed by atoms with Crippen molar-refractivity contribution in [2.45, 2.75) is 17.7 Å². The van der Waals surface area contributed by atoms with E-state index in [0.717, 1.165) is 0 Å². The Balaban J connectivity index is 1.96. The maximum absolute atomic E-state index is 13.2. The van der Waals surface area contributed by atoms with Crippen molar-refractivity contribution < 1.29 is 9.18 Å². The summed E-state index contributed by atoms with van der Waals surface area (Å²) in [6.07, 6.45) is 2.44. The van der Waals surface area contributed by atoms with Crippen molar-refractivity contribution in [1.82, 2.24) is 5.32 Å². The third kappa shape index (κ3) is 3.28. The van der Waals surface area contributed by atoms with E-state index >= 15 is 0 Å². The predicted molar refractivity (Wildman–Crippen MR) is 71.9 cm³/mol. The minimum absolute atomic E-state index is 0.218. The van der Waals surface area contributed by atoms with E-state index in [1.807, 2.05) is 0 Å². The summed E-state index contributed by atoms with van der Waals surface area (Å²) < 4.78 is 13.5. The van der Waals surface area contributed by atoms with Crippen molar-refractivity contribution >= 4 is 37.8 Å². The Labute approximate surface area is 116 Å². The number of hydrogen-bond acceptors (Lipinski definition) is 1. The van der Waals surface area contributed by atoms with Gasteiger partial charge >= 0.3 is 0 Å². The van der Waals surface area contributed by atoms with Crippen LogP contribution in [-0.2, 0) is 0 Å². The van der Waals surface area contributed by atoms with Gasteiger partial charge in [-0.25, -0.2) is 4.39 Å². The lowest BCUT2D eigenvalue weighted by molar-refractivity contribution is 0.0952. The van der Waals surface area contributed by atoms with Crippen LogP contribution in [0.4, 0.5) is 4.39 Å². The summed E-state index contributed by atoms with van der Waals surface area (Å²) in [4.78, 5) is 12.2. The largest absolute Gasteiger partial charge is 0.351 e. The molecule has 0 spiro atoms. The average Bonchev–Trinajstić information content (AvgIpc) is 3.13. The molecule has 92 valence electrons. The second-order valence-corrected chi connectivity index (χ2v) is 6.13. The molecule has 2 rings (SSSR count). The van der Waals surface area contributed by atoms with Gasteiger partial charge in [-0.15, -0.1) is 0 Å². The Morgan fingerprint density at radius 3 is 2.88 bits per heavy atom. The zero-order chi connectivity index (χ0) is 12.4. The van der Waals surface area contributed by atoms with Crippen LogP contribution in [0.25, 0.3) is 0 Å². The van der Waals surface area contributed by atoms with Crippen LogP contribution >= 0.6 is 31.9 Å². The number of benzene rings is 1. The molecule has 0 saturated heterocycles. The van der Waals surface area contributed by atoms with E-state index in [1.165, 1.54) is 25.0 Å². The van der Waals surface area contributed by atoms with Crippen molar-refractivity contribution in [1.29, 1.82) is 0 Å². The maximum Gasteiger partial charge on any atom is 0.252 e. The lowest BCUT2D eigenvalue weighted by Gasteiger charge is -2.11. The zero-order valence-electron chi connectivity index (χ0n) is 9.05. The molecule has 1 aromatic carbocycles. The van der Waals surface area contributed by atoms with Gasteiger partial charge in [0.05, 0.1) is 10.0 Å². The summed E-state index contributed by atoms with van der Waals surface area (Å²) in [5, 5.41) is 2.81. The summed E-state index contributed by atoms with van der Waals surface area (Å²) in [5.74, 6) is 0.00274. The first kappa shape index (κ1) is 13.0. The number of halogens is 3. The summed E-state index contributed by atoms with van der Waals surface area (Å²) in [6, 6.07) is 4.45. The molecule has 17 heavy (non-hydrogen) atoms. The fraction of sp³-hybridized carbons (Fsp3) is 0.417. The molecular formula is C12H12Br2FNO. The van der Waals surface area contributed by atoms with Crippen molar-refractivity contribution in [3.8, 4) is 0 Å². The van der Waals surface area contributed by atoms with Crippen molar-refractivity contribution in [2.24, 2.45) is 5.92 Å². The predicted octanol–water partition coefficient (Wildman–Crippen LogP) is 3.49. The summed E-state index contributed by atoms with van der Waals surface area (Å²) in [6.45, 7) is 0.576. The number of hydrogen-bond donors (Lipinski definition) is 1. The van der Waals surface area contributed by atoms with Gasteiger partial charge in [-0.1, -0.05) is 22.0 Å². The molecule has 1 amide bonds. The number of carbonyl (C=O) groups is 1. The van der Waals surface area contributed by atoms with Gasteiger partial charge in [-0.05, 0) is 46.8 Å². The lowest BCUT2D eigenvalue weighted by atomic mass is 10.2. The molecule has 1 aromatic rings. The highest BCUT2D eigenvalue weighted by Crippen LogP contribution is 2.36. The third-order valence-corrected chi connectivity index (χ3v) is 4.66. The van der Waals surface area contributed by atoms with Crippen LogP contribution in [0, 0.1) is 11.7 Å². The van der Waals surface area contributed by atoms with Crippen LogP contribution in [0.1, 0.15) is 23.2 Å². The van der Waals surface area contributed by atoms with Crippen molar-refractivity contribution in [3.05, 3.63) is 34.1 Å². The second-order valence-electron chi connectivity index (χ2n) is 4.16. The molecule has 1 unspecified atom stereocenters. The number of nitrogens with one attached hydrogen (secondary N) is 1. The van der Waals surface area contributed by atoms with Crippen molar-refractivity contribution in [3.63, 3.8) is 0 Å². The molecule has 1 atom stereocenters. The quantitative estimate of drug-likeness (QED) is 0.814. The summed E-state index contributed by atoms with van der Waals surface area (Å²) in [5.41, 5.74) is 0.334. The smallest absolute Gasteiger partial charge is 0.252 e. The minimum Gasteiger partial charge on any atom is -0.351 e. The number of carbonyl (C=O) groups excluding carboxylic acids is 1. The van der Waals surface area contributed by atoms with Crippen LogP contribution < -0.4 is 5.32 Å². The van der Waals surface area contributed by atoms with Gasteiger partial charge in [-0.3, -0.25) is 4.79 Å². The molecule has 1 fully saturated rings. The molecule has 0 radical (unpaired) electrons. The van der Waals surface area contributed by atoms with E-state index in [2.05, 4.69) is 37.2 Å². The second kappa shape index (κ2) is 5.48. The Morgan fingerprint density at radius 2 is 2.24 bits per heavy atom. The molecule has 1 aliphatic carbocycles. The van der Waals surface area contributed by atoms with Gasteiger partial charge in [0.2, 0.25) is 0 Å². The van der Waals surface area contributed by atoms with Gasteiger partial charge in [0.1, 0.15) is 5.82 Å². The number of rotatable bonds is 4. The Kier molecular flexibility index (Phi) is 4.20. The molecular weight excluding hydrogens is 353 g/mol. The highest BCUT2D eigenvalue weighted by Gasteiger charge is 2.29. The Morgan fingerprint density at radius 1 is 1.53 bits per heavy atom. The van der Waals surface area contributed by atoms with Gasteiger partial charge in [-0.2, -0.15) is 0 Å². The first-order valence-corrected chi connectivity index (χ1v) is 7.16. The maximum atomic E-state index is 13.2. The molecule has 0 bridgehead atoms. The first-order valence-electron chi connectivity index (χ1n) is 5.46. The van der Waals surface area contributed by atoms with E-state index in [9.17, 15) is 9.18 Å². The Hall–Kier alpha value is -0.420. The van der Waals surface area contributed by atoms with E-state index in [-0.39, 0.29) is 10.4 Å². The van der Waals surface area contributed by atoms with E-state index < -0.39 is 5.82 Å². The van der Waals surface area contributed by atoms with E-state index in [1.54, 1.807) is 6.07 Å². The molecule has 0 aromatic heterocycles. The summed E-state index contributed by atoms with van der Waals surface area (Å²) >= 11 is 6.62. The third-order valence-electron chi connectivity index (χ3n) is 2.79. The molecule has 5 heteroatoms. The molecule has 2 nitrogen and oxygen atoms in total. The van der Waals surface area contributed by atoms with Crippen molar-refractivity contribution in [2.75, 3.05) is 6.54 Å². The molecule has 0 aliphatic heterocycles. The van der Waals surface area contributed by atoms with Crippen LogP contribution in [-0.4, -0.2) is 17.3 Å². The molecule has 0 heterocycles. The van der Waals surface area contributed by atoms with Gasteiger partial charge < -0.3 is 5.32 Å². The molecule has 1 aliphatic rings. The van der Waals surface area contributed by atoms with Crippen LogP contribution in [0.15, 0.2) is 22.7 Å². The topological polar surface area (TPSA) is 29.1 Å². The van der Waals surface area contributed by atoms with Crippen LogP contribution in [0.3, 0.4) is 0 Å². The van der Waals surface area contributed by atoms with Gasteiger partial charge in [0.15, 0.2) is 0 Å². The SMILES string of the molecule is O=C(NCC(Br)C1CC1)c1cccc(F)c1Br. The van der Waals surface area contributed by atoms with Crippen LogP contribution in [0.2, 0.25) is 0 Å². The highest BCUT2D eigenvalue weighted by molar-refractivity contribution is 9.10. The summed E-state index contributed by atoms with van der Waals surface area (Å²) in [7, 11) is 0. The minimum atomic E-state index is -0.421. The fourth-order valence-electron chi connectivity index (χ4n) is 1.59. The normalized spacial score (nSPS) is 16.6. The first-order chi connectivity index (χ1) is 8.09. The Bertz CT molecular complexity index is 435. The van der Waals surface area contributed by atoms with Gasteiger partial charge in [0.25, 0.3) is 5.91 Å². The molecule has 1 saturated carbocycles. The number of alkyl halides is 1. The van der Waals surface area contributed by atoms with Crippen LogP contribution in [0.5, 0.6) is 0 Å². The highest BCUT2D eigenvalue weighted by atomic mass is 79.9. The average molecular weight is 365 g/mol. The monoisotopic (exact) mass is 363 g/mol. The van der Waals surface area contributed by atoms with E-state index in [4.69, 9.17) is 0 Å². The lowest BCUT2D eigenvalue weighted by Crippen LogP contribution is -2.30. The number of amides is 1. The van der Waals surface area contributed by atoms with E-state index in [0.29, 0.717) is 22.9 Å². The standard InChI is InChI=1S/C12H12Br2FNO/c13-9(7-4-5-7)6-16-12(17)8-2-1-3-10(15)11(8)14/h1-3,7,9H,4-6H2,(H,16,17).